The first-order valence-electron chi connectivity index (χ1n) is 8.55. The number of ether oxygens (including phenoxy) is 4. The van der Waals surface area contributed by atoms with E-state index >= 15 is 0 Å². The van der Waals surface area contributed by atoms with Crippen LogP contribution < -0.4 is 0 Å². The van der Waals surface area contributed by atoms with Crippen molar-refractivity contribution in [3.05, 3.63) is 0 Å². The molecule has 154 valence electrons. The lowest BCUT2D eigenvalue weighted by Gasteiger charge is -2.45. The van der Waals surface area contributed by atoms with Crippen molar-refractivity contribution < 1.29 is 54.7 Å². The second-order valence-corrected chi connectivity index (χ2v) is 6.38. The zero-order valence-electron chi connectivity index (χ0n) is 14.4. The quantitative estimate of drug-likeness (QED) is 0.228. The molecule has 2 aliphatic heterocycles. The predicted molar refractivity (Wildman–Crippen MR) is 82.6 cm³/mol. The minimum Gasteiger partial charge on any atom is -0.394 e. The lowest BCUT2D eigenvalue weighted by molar-refractivity contribution is -0.359. The predicted octanol–water partition coefficient (Wildman–Crippen LogP) is -3.96. The summed E-state index contributed by atoms with van der Waals surface area (Å²) in [5.74, 6) is 0. The summed E-state index contributed by atoms with van der Waals surface area (Å²) in [4.78, 5) is 0. The van der Waals surface area contributed by atoms with E-state index in [0.29, 0.717) is 6.42 Å². The van der Waals surface area contributed by atoms with Crippen molar-refractivity contribution in [2.45, 2.75) is 74.8 Å². The summed E-state index contributed by atoms with van der Waals surface area (Å²) in [6, 6.07) is 0. The molecule has 0 aliphatic carbocycles. The van der Waals surface area contributed by atoms with Crippen LogP contribution in [-0.2, 0) is 18.9 Å². The fraction of sp³-hybridized carbons (Fsp3) is 1.00. The molecule has 2 rings (SSSR count). The van der Waals surface area contributed by atoms with E-state index in [0.717, 1.165) is 0 Å². The number of aliphatic hydroxyl groups is 7. The average Bonchev–Trinajstić information content (AvgIpc) is 2.64. The second kappa shape index (κ2) is 9.66. The molecule has 0 amide bonds. The number of hydrogen-bond donors (Lipinski definition) is 7. The van der Waals surface area contributed by atoms with Gasteiger partial charge >= 0.3 is 0 Å². The van der Waals surface area contributed by atoms with Crippen LogP contribution in [0.1, 0.15) is 13.3 Å². The molecule has 0 spiro atoms. The number of aliphatic hydroxyl groups excluding tert-OH is 7. The Bertz CT molecular complexity index is 420. The summed E-state index contributed by atoms with van der Waals surface area (Å²) >= 11 is 0. The normalized spacial score (nSPS) is 47.1. The van der Waals surface area contributed by atoms with E-state index in [1.807, 2.05) is 6.92 Å². The van der Waals surface area contributed by atoms with Crippen LogP contribution in [0.4, 0.5) is 0 Å². The highest BCUT2D eigenvalue weighted by molar-refractivity contribution is 4.94. The molecule has 11 nitrogen and oxygen atoms in total. The summed E-state index contributed by atoms with van der Waals surface area (Å²) < 4.78 is 21.3. The molecule has 0 aromatic rings. The molecule has 2 heterocycles. The first kappa shape index (κ1) is 21.9. The van der Waals surface area contributed by atoms with Gasteiger partial charge in [-0.25, -0.2) is 0 Å². The monoisotopic (exact) mass is 384 g/mol. The Morgan fingerprint density at radius 2 is 1.31 bits per heavy atom. The maximum Gasteiger partial charge on any atom is 0.187 e. The molecule has 0 saturated carbocycles. The van der Waals surface area contributed by atoms with Crippen molar-refractivity contribution in [2.24, 2.45) is 0 Å². The van der Waals surface area contributed by atoms with Crippen LogP contribution in [0.2, 0.25) is 0 Å². The van der Waals surface area contributed by atoms with Crippen LogP contribution in [0, 0.1) is 0 Å². The van der Waals surface area contributed by atoms with Gasteiger partial charge < -0.3 is 54.7 Å². The van der Waals surface area contributed by atoms with Gasteiger partial charge in [-0.2, -0.15) is 0 Å². The molecule has 0 aromatic heterocycles. The fourth-order valence-electron chi connectivity index (χ4n) is 2.93. The van der Waals surface area contributed by atoms with E-state index in [1.54, 1.807) is 0 Å². The molecular formula is C15H28O11. The Morgan fingerprint density at radius 1 is 0.731 bits per heavy atom. The molecule has 0 unspecified atom stereocenters. The van der Waals surface area contributed by atoms with Crippen LogP contribution >= 0.6 is 0 Å². The summed E-state index contributed by atoms with van der Waals surface area (Å²) in [6.07, 6.45) is -13.6. The Kier molecular flexibility index (Phi) is 8.12. The van der Waals surface area contributed by atoms with Gasteiger partial charge in [-0.05, 0) is 6.42 Å². The minimum atomic E-state index is -1.69. The van der Waals surface area contributed by atoms with E-state index in [-0.39, 0.29) is 6.61 Å². The third-order valence-electron chi connectivity index (χ3n) is 4.45. The minimum absolute atomic E-state index is 0.269. The summed E-state index contributed by atoms with van der Waals surface area (Å²) in [6.45, 7) is 0.885. The molecular weight excluding hydrogens is 356 g/mol. The molecule has 7 N–H and O–H groups in total. The highest BCUT2D eigenvalue weighted by Gasteiger charge is 2.50. The van der Waals surface area contributed by atoms with Crippen molar-refractivity contribution in [1.29, 1.82) is 0 Å². The molecule has 2 fully saturated rings. The zero-order valence-corrected chi connectivity index (χ0v) is 14.4. The molecule has 2 aliphatic rings. The summed E-state index contributed by atoms with van der Waals surface area (Å²) in [5, 5.41) is 68.7. The molecule has 2 saturated heterocycles. The first-order valence-corrected chi connectivity index (χ1v) is 8.55. The first-order chi connectivity index (χ1) is 12.3. The topological polar surface area (TPSA) is 179 Å². The van der Waals surface area contributed by atoms with E-state index in [1.165, 1.54) is 0 Å². The van der Waals surface area contributed by atoms with Crippen molar-refractivity contribution in [3.8, 4) is 0 Å². The molecule has 0 aromatic carbocycles. The van der Waals surface area contributed by atoms with Gasteiger partial charge in [0.25, 0.3) is 0 Å². The van der Waals surface area contributed by atoms with Gasteiger partial charge in [-0.15, -0.1) is 0 Å². The smallest absolute Gasteiger partial charge is 0.187 e. The van der Waals surface area contributed by atoms with E-state index < -0.39 is 74.6 Å². The van der Waals surface area contributed by atoms with Gasteiger partial charge in [0.15, 0.2) is 12.6 Å². The van der Waals surface area contributed by atoms with E-state index in [2.05, 4.69) is 0 Å². The van der Waals surface area contributed by atoms with Gasteiger partial charge in [-0.3, -0.25) is 0 Å². The van der Waals surface area contributed by atoms with Gasteiger partial charge in [0.05, 0.1) is 13.2 Å². The van der Waals surface area contributed by atoms with Gasteiger partial charge in [-0.1, -0.05) is 6.92 Å². The van der Waals surface area contributed by atoms with E-state index in [9.17, 15) is 35.7 Å². The third kappa shape index (κ3) is 4.51. The Labute approximate surface area is 150 Å². The maximum absolute atomic E-state index is 10.3. The Hall–Kier alpha value is -0.440. The maximum atomic E-state index is 10.3. The molecule has 0 radical (unpaired) electrons. The highest BCUT2D eigenvalue weighted by atomic mass is 16.7. The standard InChI is InChI=1S/C15H28O11/c1-2-3-23-14-12(22)10(20)13(7(5-17)25-14)26-15-11(21)9(19)8(18)6(4-16)24-15/h6-22H,2-5H2,1H3/t6-,7-,8-,9+,10-,11-,12-,13-,14-,15-/m1/s1. The van der Waals surface area contributed by atoms with Gasteiger partial charge in [0, 0.05) is 6.61 Å². The van der Waals surface area contributed by atoms with Gasteiger partial charge in [0.2, 0.25) is 0 Å². The van der Waals surface area contributed by atoms with Crippen molar-refractivity contribution in [3.63, 3.8) is 0 Å². The third-order valence-corrected chi connectivity index (χ3v) is 4.45. The van der Waals surface area contributed by atoms with Crippen LogP contribution in [0.15, 0.2) is 0 Å². The average molecular weight is 384 g/mol. The highest BCUT2D eigenvalue weighted by Crippen LogP contribution is 2.29. The van der Waals surface area contributed by atoms with Crippen LogP contribution in [0.5, 0.6) is 0 Å². The van der Waals surface area contributed by atoms with Crippen molar-refractivity contribution >= 4 is 0 Å². The second-order valence-electron chi connectivity index (χ2n) is 6.38. The Morgan fingerprint density at radius 3 is 1.88 bits per heavy atom. The SMILES string of the molecule is CCCO[C@@H]1O[C@H](CO)[C@@H](O[C@H]2O[C@H](CO)[C@@H](O)[C@H](O)[C@H]2O)[C@H](O)[C@H]1O. The lowest BCUT2D eigenvalue weighted by atomic mass is 9.97. The van der Waals surface area contributed by atoms with Gasteiger partial charge in [0.1, 0.15) is 48.8 Å². The molecule has 26 heavy (non-hydrogen) atoms. The Balaban J connectivity index is 2.09. The molecule has 11 heteroatoms. The van der Waals surface area contributed by atoms with Crippen molar-refractivity contribution in [1.82, 2.24) is 0 Å². The largest absolute Gasteiger partial charge is 0.394 e. The zero-order chi connectivity index (χ0) is 19.4. The number of hydrogen-bond acceptors (Lipinski definition) is 11. The fourth-order valence-corrected chi connectivity index (χ4v) is 2.93. The van der Waals surface area contributed by atoms with Crippen LogP contribution in [0.3, 0.4) is 0 Å². The lowest BCUT2D eigenvalue weighted by Crippen LogP contribution is -2.64. The van der Waals surface area contributed by atoms with Crippen LogP contribution in [-0.4, -0.2) is 117 Å². The van der Waals surface area contributed by atoms with Crippen LogP contribution in [0.25, 0.3) is 0 Å². The summed E-state index contributed by atoms with van der Waals surface area (Å²) in [5.41, 5.74) is 0. The summed E-state index contributed by atoms with van der Waals surface area (Å²) in [7, 11) is 0. The molecule has 10 atom stereocenters. The molecule has 0 bridgehead atoms. The van der Waals surface area contributed by atoms with Crippen molar-refractivity contribution in [2.75, 3.05) is 19.8 Å². The van der Waals surface area contributed by atoms with E-state index in [4.69, 9.17) is 18.9 Å². The number of rotatable bonds is 7.